The number of aliphatic carboxylic acids is 1. The Morgan fingerprint density at radius 1 is 0.731 bits per heavy atom. The average molecular weight is 712 g/mol. The number of hydrogen-bond acceptors (Lipinski definition) is 6. The minimum absolute atomic E-state index is 0.0897. The van der Waals surface area contributed by atoms with Crippen molar-refractivity contribution in [1.29, 1.82) is 0 Å². The van der Waals surface area contributed by atoms with Gasteiger partial charge in [-0.15, -0.1) is 0 Å². The molecule has 5 aromatic carbocycles. The van der Waals surface area contributed by atoms with E-state index in [-0.39, 0.29) is 30.7 Å². The van der Waals surface area contributed by atoms with Gasteiger partial charge in [0.05, 0.1) is 13.2 Å². The Bertz CT molecular complexity index is 1950. The van der Waals surface area contributed by atoms with E-state index in [2.05, 4.69) is 5.32 Å². The Morgan fingerprint density at radius 3 is 1.94 bits per heavy atom. The zero-order valence-corrected chi connectivity index (χ0v) is 27.9. The molecule has 5 rings (SSSR count). The molecule has 0 saturated carbocycles. The largest absolute Gasteiger partial charge is 0.490 e. The summed E-state index contributed by atoms with van der Waals surface area (Å²) in [6.45, 7) is 1.18. The van der Waals surface area contributed by atoms with Crippen molar-refractivity contribution in [1.82, 2.24) is 5.32 Å². The predicted molar refractivity (Wildman–Crippen MR) is 191 cm³/mol. The smallest absolute Gasteiger partial charge is 0.475 e. The van der Waals surface area contributed by atoms with Gasteiger partial charge in [0.1, 0.15) is 6.61 Å². The van der Waals surface area contributed by atoms with E-state index in [0.717, 1.165) is 22.3 Å². The van der Waals surface area contributed by atoms with Gasteiger partial charge in [-0.1, -0.05) is 97.1 Å². The summed E-state index contributed by atoms with van der Waals surface area (Å²) in [6.07, 6.45) is -5.08. The van der Waals surface area contributed by atoms with E-state index in [1.54, 1.807) is 47.4 Å². The lowest BCUT2D eigenvalue weighted by molar-refractivity contribution is -0.192. The SMILES string of the molecule is NCCNC(=O)c1ccccc1-c1cccc(CN(C(=O)COCc2ccccc2)c2ccc(C(=O)c3ccccc3)cc2)c1.O=C(O)C(F)(F)F. The van der Waals surface area contributed by atoms with Crippen LogP contribution >= 0.6 is 0 Å². The molecule has 2 amide bonds. The van der Waals surface area contributed by atoms with E-state index in [4.69, 9.17) is 20.4 Å². The third-order valence-electron chi connectivity index (χ3n) is 7.54. The quantitative estimate of drug-likeness (QED) is 0.116. The van der Waals surface area contributed by atoms with Crippen molar-refractivity contribution >= 4 is 29.3 Å². The second-order valence-corrected chi connectivity index (χ2v) is 11.3. The third-order valence-corrected chi connectivity index (χ3v) is 7.54. The van der Waals surface area contributed by atoms with Crippen LogP contribution in [0.25, 0.3) is 11.1 Å². The number of amides is 2. The Morgan fingerprint density at radius 2 is 1.31 bits per heavy atom. The number of hydrogen-bond donors (Lipinski definition) is 3. The van der Waals surface area contributed by atoms with Crippen LogP contribution < -0.4 is 16.0 Å². The van der Waals surface area contributed by atoms with Gasteiger partial charge in [-0.05, 0) is 58.7 Å². The fourth-order valence-corrected chi connectivity index (χ4v) is 5.01. The number of alkyl halides is 3. The van der Waals surface area contributed by atoms with Crippen molar-refractivity contribution in [3.8, 4) is 11.1 Å². The number of anilines is 1. The van der Waals surface area contributed by atoms with E-state index >= 15 is 0 Å². The summed E-state index contributed by atoms with van der Waals surface area (Å²) >= 11 is 0. The zero-order chi connectivity index (χ0) is 37.5. The number of carbonyl (C=O) groups is 4. The van der Waals surface area contributed by atoms with Crippen LogP contribution in [0.2, 0.25) is 0 Å². The van der Waals surface area contributed by atoms with Crippen molar-refractivity contribution in [3.05, 3.63) is 161 Å². The van der Waals surface area contributed by atoms with Crippen LogP contribution in [0.4, 0.5) is 18.9 Å². The molecule has 52 heavy (non-hydrogen) atoms. The van der Waals surface area contributed by atoms with Gasteiger partial charge < -0.3 is 25.8 Å². The van der Waals surface area contributed by atoms with Crippen LogP contribution in [0.15, 0.2) is 133 Å². The summed E-state index contributed by atoms with van der Waals surface area (Å²) in [6, 6.07) is 41.0. The van der Waals surface area contributed by atoms with E-state index in [9.17, 15) is 27.6 Å². The maximum absolute atomic E-state index is 13.6. The number of benzene rings is 5. The Hall–Kier alpha value is -6.11. The van der Waals surface area contributed by atoms with E-state index in [1.165, 1.54) is 0 Å². The minimum atomic E-state index is -5.08. The molecule has 0 heterocycles. The van der Waals surface area contributed by atoms with Crippen LogP contribution in [0.5, 0.6) is 0 Å². The second-order valence-electron chi connectivity index (χ2n) is 11.3. The summed E-state index contributed by atoms with van der Waals surface area (Å²) in [5, 5.41) is 9.97. The van der Waals surface area contributed by atoms with Crippen LogP contribution in [0.3, 0.4) is 0 Å². The highest BCUT2D eigenvalue weighted by molar-refractivity contribution is 6.09. The highest BCUT2D eigenvalue weighted by atomic mass is 19.4. The second kappa shape index (κ2) is 18.8. The molecule has 0 fully saturated rings. The highest BCUT2D eigenvalue weighted by Gasteiger charge is 2.38. The molecule has 0 aromatic heterocycles. The number of ketones is 1. The number of nitrogens with zero attached hydrogens (tertiary/aromatic N) is 1. The normalized spacial score (nSPS) is 10.8. The van der Waals surface area contributed by atoms with Crippen LogP contribution in [0.1, 0.15) is 37.4 Å². The molecule has 9 nitrogen and oxygen atoms in total. The van der Waals surface area contributed by atoms with E-state index in [1.807, 2.05) is 91.0 Å². The monoisotopic (exact) mass is 711 g/mol. The summed E-state index contributed by atoms with van der Waals surface area (Å²) < 4.78 is 37.5. The molecular weight excluding hydrogens is 675 g/mol. The number of nitrogens with one attached hydrogen (secondary N) is 1. The topological polar surface area (TPSA) is 139 Å². The lowest BCUT2D eigenvalue weighted by Gasteiger charge is -2.24. The fourth-order valence-electron chi connectivity index (χ4n) is 5.01. The summed E-state index contributed by atoms with van der Waals surface area (Å²) in [5.74, 6) is -3.26. The maximum Gasteiger partial charge on any atom is 0.490 e. The average Bonchev–Trinajstić information content (AvgIpc) is 3.16. The number of halogens is 3. The number of carboxylic acid groups (broad SMARTS) is 1. The summed E-state index contributed by atoms with van der Waals surface area (Å²) in [4.78, 5) is 50.0. The Kier molecular flexibility index (Phi) is 14.0. The van der Waals surface area contributed by atoms with Gasteiger partial charge in [0, 0.05) is 35.5 Å². The molecule has 268 valence electrons. The molecule has 0 radical (unpaired) electrons. The van der Waals surface area contributed by atoms with Gasteiger partial charge in [-0.25, -0.2) is 4.79 Å². The first-order valence-corrected chi connectivity index (χ1v) is 16.1. The Balaban J connectivity index is 0.000000785. The van der Waals surface area contributed by atoms with Gasteiger partial charge in [-0.2, -0.15) is 13.2 Å². The first-order valence-electron chi connectivity index (χ1n) is 16.1. The lowest BCUT2D eigenvalue weighted by Crippen LogP contribution is -2.33. The molecule has 0 aliphatic rings. The van der Waals surface area contributed by atoms with Gasteiger partial charge in [0.2, 0.25) is 0 Å². The molecule has 4 N–H and O–H groups in total. The maximum atomic E-state index is 13.6. The number of carboxylic acids is 1. The van der Waals surface area contributed by atoms with Crippen molar-refractivity contribution in [3.63, 3.8) is 0 Å². The van der Waals surface area contributed by atoms with Crippen LogP contribution in [-0.4, -0.2) is 54.5 Å². The number of carbonyl (C=O) groups excluding carboxylic acids is 3. The molecule has 0 aliphatic heterocycles. The van der Waals surface area contributed by atoms with Crippen molar-refractivity contribution in [2.24, 2.45) is 5.73 Å². The van der Waals surface area contributed by atoms with Crippen LogP contribution in [0, 0.1) is 0 Å². The minimum Gasteiger partial charge on any atom is -0.475 e. The van der Waals surface area contributed by atoms with E-state index in [0.29, 0.717) is 42.1 Å². The molecule has 5 aromatic rings. The molecule has 0 spiro atoms. The van der Waals surface area contributed by atoms with Gasteiger partial charge >= 0.3 is 12.1 Å². The highest BCUT2D eigenvalue weighted by Crippen LogP contribution is 2.27. The molecular formula is C40H36F3N3O6. The van der Waals surface area contributed by atoms with Crippen molar-refractivity contribution in [2.45, 2.75) is 19.3 Å². The van der Waals surface area contributed by atoms with E-state index < -0.39 is 12.1 Å². The molecule has 0 unspecified atom stereocenters. The Labute approximate surface area is 298 Å². The van der Waals surface area contributed by atoms with Gasteiger partial charge in [-0.3, -0.25) is 14.4 Å². The number of rotatable bonds is 13. The van der Waals surface area contributed by atoms with Gasteiger partial charge in [0.15, 0.2) is 5.78 Å². The predicted octanol–water partition coefficient (Wildman–Crippen LogP) is 6.66. The lowest BCUT2D eigenvalue weighted by atomic mass is 9.97. The molecule has 0 aliphatic carbocycles. The third kappa shape index (κ3) is 11.2. The van der Waals surface area contributed by atoms with Crippen molar-refractivity contribution in [2.75, 3.05) is 24.6 Å². The van der Waals surface area contributed by atoms with Crippen molar-refractivity contribution < 1.29 is 42.2 Å². The standard InChI is InChI=1S/C38H35N3O4.C2HF3O2/c39-22-23-40-38(44)35-17-8-7-16-34(35)32-15-9-12-29(24-32)25-41(36(42)27-45-26-28-10-3-1-4-11-28)33-20-18-31(19-21-33)37(43)30-13-5-2-6-14-30;3-2(4,5)1(6)7/h1-21,24H,22-23,25-27,39H2,(H,40,44);(H,6,7). The van der Waals surface area contributed by atoms with Gasteiger partial charge in [0.25, 0.3) is 11.8 Å². The molecule has 12 heteroatoms. The fraction of sp³-hybridized carbons (Fsp3) is 0.150. The molecule has 0 bridgehead atoms. The molecule has 0 saturated heterocycles. The summed E-state index contributed by atoms with van der Waals surface area (Å²) in [7, 11) is 0. The zero-order valence-electron chi connectivity index (χ0n) is 27.9. The van der Waals surface area contributed by atoms with Crippen LogP contribution in [-0.2, 0) is 27.5 Å². The number of nitrogens with two attached hydrogens (primary N) is 1. The molecule has 0 atom stereocenters. The first-order chi connectivity index (χ1) is 25.0. The summed E-state index contributed by atoms with van der Waals surface area (Å²) in [5.41, 5.74) is 11.4. The first kappa shape index (κ1) is 38.7. The number of ether oxygens (including phenoxy) is 1.